The van der Waals surface area contributed by atoms with Gasteiger partial charge in [0.05, 0.1) is 6.61 Å². The molecule has 0 aromatic rings. The molecule has 0 aromatic heterocycles. The Morgan fingerprint density at radius 2 is 2.50 bits per heavy atom. The fourth-order valence-electron chi connectivity index (χ4n) is 1.31. The maximum Gasteiger partial charge on any atom is 0.222 e. The van der Waals surface area contributed by atoms with Crippen LogP contribution in [0.4, 0.5) is 0 Å². The number of amides is 1. The van der Waals surface area contributed by atoms with Gasteiger partial charge in [-0.05, 0) is 5.92 Å². The molecule has 1 rings (SSSR count). The third-order valence-electron chi connectivity index (χ3n) is 1.78. The van der Waals surface area contributed by atoms with Crippen molar-refractivity contribution < 1.29 is 9.90 Å². The van der Waals surface area contributed by atoms with Crippen LogP contribution in [-0.4, -0.2) is 35.6 Å². The predicted octanol–water partition coefficient (Wildman–Crippen LogP) is -0.153. The molecule has 0 radical (unpaired) electrons. The number of hydrogen-bond donors (Lipinski definition) is 1. The van der Waals surface area contributed by atoms with E-state index in [4.69, 9.17) is 5.11 Å². The van der Waals surface area contributed by atoms with Crippen LogP contribution < -0.4 is 0 Å². The summed E-state index contributed by atoms with van der Waals surface area (Å²) in [5, 5.41) is 8.54. The zero-order valence-corrected chi connectivity index (χ0v) is 6.21. The highest BCUT2D eigenvalue weighted by Crippen LogP contribution is 2.15. The zero-order chi connectivity index (χ0) is 7.56. The zero-order valence-electron chi connectivity index (χ0n) is 6.21. The van der Waals surface area contributed by atoms with Gasteiger partial charge in [0.1, 0.15) is 0 Å². The molecule has 1 N–H and O–H groups in total. The summed E-state index contributed by atoms with van der Waals surface area (Å²) in [6, 6.07) is 0. The lowest BCUT2D eigenvalue weighted by Crippen LogP contribution is -2.27. The molecular weight excluding hydrogens is 130 g/mol. The average Bonchev–Trinajstić information content (AvgIpc) is 2.13. The molecule has 1 aliphatic heterocycles. The van der Waals surface area contributed by atoms with E-state index in [2.05, 4.69) is 6.92 Å². The SMILES string of the molecule is C[C@@H]1CC(=O)N(CCO)C1. The number of nitrogens with zero attached hydrogens (tertiary/aromatic N) is 1. The second-order valence-electron chi connectivity index (χ2n) is 2.87. The van der Waals surface area contributed by atoms with Crippen LogP contribution in [0.3, 0.4) is 0 Å². The van der Waals surface area contributed by atoms with Gasteiger partial charge in [-0.15, -0.1) is 0 Å². The van der Waals surface area contributed by atoms with Crippen molar-refractivity contribution in [2.24, 2.45) is 5.92 Å². The average molecular weight is 143 g/mol. The van der Waals surface area contributed by atoms with Gasteiger partial charge >= 0.3 is 0 Å². The lowest BCUT2D eigenvalue weighted by molar-refractivity contribution is -0.128. The molecule has 58 valence electrons. The number of carbonyl (C=O) groups is 1. The molecule has 0 aromatic carbocycles. The summed E-state index contributed by atoms with van der Waals surface area (Å²) in [4.78, 5) is 12.7. The van der Waals surface area contributed by atoms with E-state index in [0.29, 0.717) is 18.9 Å². The van der Waals surface area contributed by atoms with Crippen LogP contribution in [0.15, 0.2) is 0 Å². The molecule has 0 unspecified atom stereocenters. The monoisotopic (exact) mass is 143 g/mol. The van der Waals surface area contributed by atoms with Crippen molar-refractivity contribution >= 4 is 5.91 Å². The molecule has 1 fully saturated rings. The molecule has 10 heavy (non-hydrogen) atoms. The quantitative estimate of drug-likeness (QED) is 0.584. The number of rotatable bonds is 2. The smallest absolute Gasteiger partial charge is 0.222 e. The first-order chi connectivity index (χ1) is 4.74. The van der Waals surface area contributed by atoms with Crippen LogP contribution in [0, 0.1) is 5.92 Å². The van der Waals surface area contributed by atoms with Crippen LogP contribution >= 0.6 is 0 Å². The summed E-state index contributed by atoms with van der Waals surface area (Å²) in [6.07, 6.45) is 0.653. The third kappa shape index (κ3) is 1.48. The maximum atomic E-state index is 11.0. The Balaban J connectivity index is 2.39. The summed E-state index contributed by atoms with van der Waals surface area (Å²) in [5.74, 6) is 0.653. The highest BCUT2D eigenvalue weighted by Gasteiger charge is 2.25. The van der Waals surface area contributed by atoms with E-state index in [1.165, 1.54) is 0 Å². The minimum Gasteiger partial charge on any atom is -0.395 e. The fourth-order valence-corrected chi connectivity index (χ4v) is 1.31. The van der Waals surface area contributed by atoms with E-state index in [9.17, 15) is 4.79 Å². The van der Waals surface area contributed by atoms with Crippen molar-refractivity contribution in [1.82, 2.24) is 4.90 Å². The van der Waals surface area contributed by atoms with Gasteiger partial charge in [-0.3, -0.25) is 4.79 Å². The number of carbonyl (C=O) groups excluding carboxylic acids is 1. The molecule has 1 saturated heterocycles. The number of hydrogen-bond acceptors (Lipinski definition) is 2. The molecule has 1 amide bonds. The van der Waals surface area contributed by atoms with Crippen LogP contribution in [0.1, 0.15) is 13.3 Å². The summed E-state index contributed by atoms with van der Waals surface area (Å²) >= 11 is 0. The van der Waals surface area contributed by atoms with Crippen molar-refractivity contribution in [1.29, 1.82) is 0 Å². The summed E-state index contributed by atoms with van der Waals surface area (Å²) in [6.45, 7) is 3.45. The Bertz CT molecular complexity index is 136. The van der Waals surface area contributed by atoms with Crippen molar-refractivity contribution in [2.75, 3.05) is 19.7 Å². The first-order valence-electron chi connectivity index (χ1n) is 3.62. The van der Waals surface area contributed by atoms with Crippen molar-refractivity contribution in [3.63, 3.8) is 0 Å². The molecule has 1 heterocycles. The Hall–Kier alpha value is -0.570. The summed E-state index contributed by atoms with van der Waals surface area (Å²) < 4.78 is 0. The van der Waals surface area contributed by atoms with Crippen molar-refractivity contribution in [2.45, 2.75) is 13.3 Å². The second kappa shape index (κ2) is 3.01. The standard InChI is InChI=1S/C7H13NO2/c1-6-4-7(10)8(5-6)2-3-9/h6,9H,2-5H2,1H3/t6-/m1/s1. The molecule has 1 atom stereocenters. The minimum atomic E-state index is 0.0818. The van der Waals surface area contributed by atoms with Gasteiger partial charge in [0.15, 0.2) is 0 Å². The summed E-state index contributed by atoms with van der Waals surface area (Å²) in [7, 11) is 0. The maximum absolute atomic E-state index is 11.0. The first kappa shape index (κ1) is 7.54. The Labute approximate surface area is 60.6 Å². The highest BCUT2D eigenvalue weighted by atomic mass is 16.3. The van der Waals surface area contributed by atoms with E-state index < -0.39 is 0 Å². The molecule has 0 bridgehead atoms. The minimum absolute atomic E-state index is 0.0818. The van der Waals surface area contributed by atoms with Crippen LogP contribution in [0.2, 0.25) is 0 Å². The molecule has 1 aliphatic rings. The van der Waals surface area contributed by atoms with E-state index in [1.54, 1.807) is 4.90 Å². The van der Waals surface area contributed by atoms with Gasteiger partial charge < -0.3 is 10.0 Å². The van der Waals surface area contributed by atoms with Gasteiger partial charge in [0, 0.05) is 19.5 Å². The second-order valence-corrected chi connectivity index (χ2v) is 2.87. The van der Waals surface area contributed by atoms with Crippen molar-refractivity contribution in [3.05, 3.63) is 0 Å². The molecular formula is C7H13NO2. The lowest BCUT2D eigenvalue weighted by Gasteiger charge is -2.13. The van der Waals surface area contributed by atoms with Gasteiger partial charge in [-0.25, -0.2) is 0 Å². The highest BCUT2D eigenvalue weighted by molar-refractivity contribution is 5.78. The summed E-state index contributed by atoms with van der Waals surface area (Å²) in [5.41, 5.74) is 0. The first-order valence-corrected chi connectivity index (χ1v) is 3.62. The molecule has 0 saturated carbocycles. The van der Waals surface area contributed by atoms with E-state index in [-0.39, 0.29) is 12.5 Å². The van der Waals surface area contributed by atoms with E-state index in [1.807, 2.05) is 0 Å². The Kier molecular flexibility index (Phi) is 2.27. The normalized spacial score (nSPS) is 26.0. The van der Waals surface area contributed by atoms with E-state index >= 15 is 0 Å². The number of β-amino-alcohol motifs (C(OH)–C–C–N with tert-alkyl or cyclic N) is 1. The Morgan fingerprint density at radius 3 is 2.90 bits per heavy atom. The van der Waals surface area contributed by atoms with Gasteiger partial charge in [-0.2, -0.15) is 0 Å². The number of likely N-dealkylation sites (tertiary alicyclic amines) is 1. The largest absolute Gasteiger partial charge is 0.395 e. The van der Waals surface area contributed by atoms with Gasteiger partial charge in [0.25, 0.3) is 0 Å². The van der Waals surface area contributed by atoms with Crippen LogP contribution in [0.5, 0.6) is 0 Å². The number of aliphatic hydroxyl groups excluding tert-OH is 1. The van der Waals surface area contributed by atoms with Crippen LogP contribution in [-0.2, 0) is 4.79 Å². The fraction of sp³-hybridized carbons (Fsp3) is 0.857. The Morgan fingerprint density at radius 1 is 1.80 bits per heavy atom. The number of aliphatic hydroxyl groups is 1. The van der Waals surface area contributed by atoms with E-state index in [0.717, 1.165) is 6.54 Å². The predicted molar refractivity (Wildman–Crippen MR) is 37.4 cm³/mol. The molecule has 3 heteroatoms. The van der Waals surface area contributed by atoms with Crippen molar-refractivity contribution in [3.8, 4) is 0 Å². The molecule has 0 spiro atoms. The third-order valence-corrected chi connectivity index (χ3v) is 1.78. The van der Waals surface area contributed by atoms with Gasteiger partial charge in [0.2, 0.25) is 5.91 Å². The topological polar surface area (TPSA) is 40.5 Å². The van der Waals surface area contributed by atoms with Crippen LogP contribution in [0.25, 0.3) is 0 Å². The molecule has 3 nitrogen and oxygen atoms in total. The van der Waals surface area contributed by atoms with Gasteiger partial charge in [-0.1, -0.05) is 6.92 Å². The molecule has 0 aliphatic carbocycles. The lowest BCUT2D eigenvalue weighted by atomic mass is 10.2.